The first-order valence-corrected chi connectivity index (χ1v) is 6.54. The summed E-state index contributed by atoms with van der Waals surface area (Å²) in [6.45, 7) is 5.14. The Kier molecular flexibility index (Phi) is 5.58. The van der Waals surface area contributed by atoms with E-state index < -0.39 is 23.7 Å². The summed E-state index contributed by atoms with van der Waals surface area (Å²) in [6, 6.07) is 5.02. The van der Waals surface area contributed by atoms with E-state index in [1.165, 1.54) is 12.1 Å². The van der Waals surface area contributed by atoms with Gasteiger partial charge < -0.3 is 20.3 Å². The highest BCUT2D eigenvalue weighted by atomic mass is 16.6. The largest absolute Gasteiger partial charge is 0.508 e. The molecule has 0 heterocycles. The zero-order valence-electron chi connectivity index (χ0n) is 12.3. The van der Waals surface area contributed by atoms with Gasteiger partial charge in [0.25, 0.3) is 0 Å². The molecule has 3 N–H and O–H groups in total. The molecule has 0 bridgehead atoms. The van der Waals surface area contributed by atoms with Gasteiger partial charge in [-0.3, -0.25) is 6.42 Å². The molecule has 1 amide bonds. The van der Waals surface area contributed by atoms with E-state index in [1.54, 1.807) is 39.3 Å². The van der Waals surface area contributed by atoms with E-state index in [0.29, 0.717) is 5.56 Å². The Hall–Kier alpha value is -2.24. The van der Waals surface area contributed by atoms with Gasteiger partial charge in [0, 0.05) is 6.42 Å². The Bertz CT molecular complexity index is 495. The fraction of sp³-hybridized carbons (Fsp3) is 0.400. The van der Waals surface area contributed by atoms with Gasteiger partial charge in [0.05, 0.1) is 0 Å². The highest BCUT2D eigenvalue weighted by Gasteiger charge is 2.23. The number of hydrogen-bond acceptors (Lipinski definition) is 4. The molecule has 0 saturated carbocycles. The van der Waals surface area contributed by atoms with Crippen molar-refractivity contribution in [3.8, 4) is 5.75 Å². The third-order valence-corrected chi connectivity index (χ3v) is 3.02. The van der Waals surface area contributed by atoms with Crippen LogP contribution in [-0.2, 0) is 16.0 Å². The molecule has 6 nitrogen and oxygen atoms in total. The van der Waals surface area contributed by atoms with Crippen molar-refractivity contribution in [2.45, 2.75) is 38.8 Å². The van der Waals surface area contributed by atoms with E-state index in [9.17, 15) is 14.7 Å². The summed E-state index contributed by atoms with van der Waals surface area (Å²) < 4.78 is 5.12. The van der Waals surface area contributed by atoms with E-state index in [1.807, 2.05) is 0 Å². The molecule has 1 aromatic carbocycles. The number of rotatable bonds is 6. The summed E-state index contributed by atoms with van der Waals surface area (Å²) in [5, 5.41) is 20.7. The fourth-order valence-corrected chi connectivity index (χ4v) is 1.54. The minimum atomic E-state index is -1.15. The van der Waals surface area contributed by atoms with E-state index in [-0.39, 0.29) is 12.2 Å². The van der Waals surface area contributed by atoms with Crippen LogP contribution in [0.15, 0.2) is 24.3 Å². The number of carboxylic acid groups (broad SMARTS) is 1. The van der Waals surface area contributed by atoms with Crippen molar-refractivity contribution in [3.05, 3.63) is 36.2 Å². The average Bonchev–Trinajstić information content (AvgIpc) is 2.39. The summed E-state index contributed by atoms with van der Waals surface area (Å²) >= 11 is 0. The van der Waals surface area contributed by atoms with E-state index in [0.717, 1.165) is 0 Å². The maximum atomic E-state index is 11.7. The van der Waals surface area contributed by atoms with E-state index >= 15 is 0 Å². The SMILES string of the molecule is C[CH-]C(C)(C)OC(=O)NC(Cc1ccc(O)cc1)C(=O)O. The molecule has 1 rings (SSSR count). The molecule has 0 aliphatic rings. The van der Waals surface area contributed by atoms with Crippen molar-refractivity contribution >= 4 is 12.1 Å². The van der Waals surface area contributed by atoms with Gasteiger partial charge in [-0.25, -0.2) is 9.59 Å². The standard InChI is InChI=1S/C15H20NO5/c1-4-15(2,3)21-14(20)16-12(13(18)19)9-10-5-7-11(17)8-6-10/h4-8,12,17H,9H2,1-3H3,(H,16,20)(H,18,19)/q-1. The Morgan fingerprint density at radius 3 is 2.38 bits per heavy atom. The second kappa shape index (κ2) is 6.97. The van der Waals surface area contributed by atoms with Gasteiger partial charge in [-0.05, 0) is 23.3 Å². The Morgan fingerprint density at radius 2 is 1.90 bits per heavy atom. The molecule has 116 valence electrons. The van der Waals surface area contributed by atoms with Crippen molar-refractivity contribution in [1.29, 1.82) is 0 Å². The molecule has 1 unspecified atom stereocenters. The number of hydrogen-bond donors (Lipinski definition) is 3. The van der Waals surface area contributed by atoms with Crippen molar-refractivity contribution < 1.29 is 24.5 Å². The van der Waals surface area contributed by atoms with Gasteiger partial charge in [-0.15, -0.1) is 0 Å². The minimum absolute atomic E-state index is 0.0956. The summed E-state index contributed by atoms with van der Waals surface area (Å²) in [5.74, 6) is -1.06. The predicted molar refractivity (Wildman–Crippen MR) is 76.9 cm³/mol. The molecule has 0 aromatic heterocycles. The van der Waals surface area contributed by atoms with Gasteiger partial charge in [0.1, 0.15) is 11.8 Å². The number of nitrogens with one attached hydrogen (secondary N) is 1. The number of carbonyl (C=O) groups excluding carboxylic acids is 1. The van der Waals surface area contributed by atoms with Crippen LogP contribution in [0.4, 0.5) is 4.79 Å². The molecule has 1 atom stereocenters. The summed E-state index contributed by atoms with van der Waals surface area (Å²) in [7, 11) is 0. The first-order valence-electron chi connectivity index (χ1n) is 6.54. The molecule has 21 heavy (non-hydrogen) atoms. The van der Waals surface area contributed by atoms with E-state index in [4.69, 9.17) is 9.84 Å². The number of aromatic hydroxyl groups is 1. The van der Waals surface area contributed by atoms with Crippen molar-refractivity contribution in [3.63, 3.8) is 0 Å². The van der Waals surface area contributed by atoms with Crippen LogP contribution in [-0.4, -0.2) is 33.9 Å². The number of amides is 1. The minimum Gasteiger partial charge on any atom is -0.508 e. The second-order valence-corrected chi connectivity index (χ2v) is 5.19. The number of phenolic OH excluding ortho intramolecular Hbond substituents is 1. The second-order valence-electron chi connectivity index (χ2n) is 5.19. The van der Waals surface area contributed by atoms with Crippen LogP contribution in [0.25, 0.3) is 0 Å². The molecule has 0 spiro atoms. The number of benzene rings is 1. The summed E-state index contributed by atoms with van der Waals surface area (Å²) in [5.41, 5.74) is -0.0899. The maximum absolute atomic E-state index is 11.7. The topological polar surface area (TPSA) is 95.9 Å². The molecule has 1 aromatic rings. The Balaban J connectivity index is 2.68. The molecule has 0 saturated heterocycles. The zero-order chi connectivity index (χ0) is 16.0. The number of phenols is 1. The molecule has 0 fully saturated rings. The van der Waals surface area contributed by atoms with Crippen molar-refractivity contribution in [2.24, 2.45) is 0 Å². The normalized spacial score (nSPS) is 12.5. The van der Waals surface area contributed by atoms with Gasteiger partial charge in [0.15, 0.2) is 0 Å². The third-order valence-electron chi connectivity index (χ3n) is 3.02. The quantitative estimate of drug-likeness (QED) is 0.698. The lowest BCUT2D eigenvalue weighted by atomic mass is 10.1. The van der Waals surface area contributed by atoms with Crippen LogP contribution in [0, 0.1) is 6.42 Å². The van der Waals surface area contributed by atoms with Crippen LogP contribution in [0.1, 0.15) is 26.3 Å². The fourth-order valence-electron chi connectivity index (χ4n) is 1.54. The lowest BCUT2D eigenvalue weighted by Gasteiger charge is -2.32. The number of carbonyl (C=O) groups is 2. The lowest BCUT2D eigenvalue weighted by molar-refractivity contribution is -0.139. The molecular weight excluding hydrogens is 274 g/mol. The van der Waals surface area contributed by atoms with E-state index in [2.05, 4.69) is 5.32 Å². The molecule has 0 aliphatic carbocycles. The van der Waals surface area contributed by atoms with Crippen LogP contribution in [0.2, 0.25) is 0 Å². The van der Waals surface area contributed by atoms with Crippen LogP contribution >= 0.6 is 0 Å². The molecule has 6 heteroatoms. The van der Waals surface area contributed by atoms with Crippen LogP contribution < -0.4 is 5.32 Å². The smallest absolute Gasteiger partial charge is 0.405 e. The van der Waals surface area contributed by atoms with Crippen molar-refractivity contribution in [1.82, 2.24) is 5.32 Å². The number of aliphatic carboxylic acids is 1. The van der Waals surface area contributed by atoms with Gasteiger partial charge in [0.2, 0.25) is 0 Å². The molecule has 0 aliphatic heterocycles. The van der Waals surface area contributed by atoms with Crippen molar-refractivity contribution in [2.75, 3.05) is 0 Å². The third kappa shape index (κ3) is 5.72. The Labute approximate surface area is 123 Å². The average molecular weight is 294 g/mol. The predicted octanol–water partition coefficient (Wildman–Crippen LogP) is 2.12. The van der Waals surface area contributed by atoms with Gasteiger partial charge in [-0.2, -0.15) is 6.92 Å². The lowest BCUT2D eigenvalue weighted by Crippen LogP contribution is -2.45. The highest BCUT2D eigenvalue weighted by Crippen LogP contribution is 2.14. The van der Waals surface area contributed by atoms with Gasteiger partial charge in [-0.1, -0.05) is 26.0 Å². The number of carboxylic acids is 1. The number of alkyl carbamates (subject to hydrolysis) is 1. The first-order chi connectivity index (χ1) is 9.73. The molecule has 0 radical (unpaired) electrons. The first kappa shape index (κ1) is 16.8. The maximum Gasteiger partial charge on any atom is 0.405 e. The van der Waals surface area contributed by atoms with Crippen LogP contribution in [0.5, 0.6) is 5.75 Å². The summed E-state index contributed by atoms with van der Waals surface area (Å²) in [4.78, 5) is 22.9. The monoisotopic (exact) mass is 294 g/mol. The summed E-state index contributed by atoms with van der Waals surface area (Å²) in [6.07, 6.45) is 1.01. The zero-order valence-corrected chi connectivity index (χ0v) is 12.3. The molecular formula is C15H20NO5-. The Morgan fingerprint density at radius 1 is 1.33 bits per heavy atom. The van der Waals surface area contributed by atoms with Gasteiger partial charge >= 0.3 is 12.1 Å². The van der Waals surface area contributed by atoms with Crippen LogP contribution in [0.3, 0.4) is 0 Å². The highest BCUT2D eigenvalue weighted by molar-refractivity contribution is 5.80. The number of ether oxygens (including phenoxy) is 1.